The maximum absolute atomic E-state index is 14.2. The maximum atomic E-state index is 14.2. The summed E-state index contributed by atoms with van der Waals surface area (Å²) < 4.78 is 14.2. The predicted octanol–water partition coefficient (Wildman–Crippen LogP) is 8.00. The smallest absolute Gasteiger partial charge is 0.219 e. The molecule has 6 heteroatoms. The molecule has 5 nitrogen and oxygen atoms in total. The maximum Gasteiger partial charge on any atom is 0.219 e. The molecule has 0 fully saturated rings. The van der Waals surface area contributed by atoms with E-state index in [0.29, 0.717) is 5.56 Å². The average molecular weight is 490 g/mol. The Morgan fingerprint density at radius 1 is 1.06 bits per heavy atom. The summed E-state index contributed by atoms with van der Waals surface area (Å²) in [5.41, 5.74) is 11.5. The van der Waals surface area contributed by atoms with Crippen LogP contribution in [0.5, 0.6) is 0 Å². The molecule has 0 spiro atoms. The molecule has 0 radical (unpaired) electrons. The van der Waals surface area contributed by atoms with Gasteiger partial charge in [-0.15, -0.1) is 0 Å². The summed E-state index contributed by atoms with van der Waals surface area (Å²) in [5.74, 6) is 0.0238. The van der Waals surface area contributed by atoms with Gasteiger partial charge in [-0.05, 0) is 76.4 Å². The second-order valence-corrected chi connectivity index (χ2v) is 8.79. The van der Waals surface area contributed by atoms with Gasteiger partial charge in [-0.3, -0.25) is 4.99 Å². The van der Waals surface area contributed by atoms with Crippen molar-refractivity contribution in [3.63, 3.8) is 0 Å². The van der Waals surface area contributed by atoms with Crippen LogP contribution in [0, 0.1) is 19.7 Å². The van der Waals surface area contributed by atoms with E-state index in [-0.39, 0.29) is 17.3 Å². The molecule has 2 N–H and O–H groups in total. The highest BCUT2D eigenvalue weighted by Gasteiger charge is 2.27. The minimum atomic E-state index is -0.258. The molecule has 36 heavy (non-hydrogen) atoms. The summed E-state index contributed by atoms with van der Waals surface area (Å²) >= 11 is 0. The van der Waals surface area contributed by atoms with Crippen LogP contribution in [0.1, 0.15) is 58.2 Å². The number of nitrogens with zero attached hydrogens (tertiary/aromatic N) is 4. The highest BCUT2D eigenvalue weighted by molar-refractivity contribution is 5.83. The Labute approximate surface area is 216 Å². The summed E-state index contributed by atoms with van der Waals surface area (Å²) in [7, 11) is 0. The largest absolute Gasteiger partial charge is 0.368 e. The minimum Gasteiger partial charge on any atom is -0.368 e. The van der Waals surface area contributed by atoms with Crippen molar-refractivity contribution in [2.45, 2.75) is 60.9 Å². The Morgan fingerprint density at radius 3 is 2.14 bits per heavy atom. The van der Waals surface area contributed by atoms with Gasteiger partial charge in [0, 0.05) is 52.9 Å². The highest BCUT2D eigenvalue weighted by atomic mass is 19.1. The zero-order chi connectivity index (χ0) is 27.5. The molecule has 192 valence electrons. The Hall–Kier alpha value is -3.80. The van der Waals surface area contributed by atoms with Crippen LogP contribution in [-0.2, 0) is 0 Å². The van der Waals surface area contributed by atoms with E-state index < -0.39 is 0 Å². The molecule has 0 saturated heterocycles. The van der Waals surface area contributed by atoms with E-state index in [0.717, 1.165) is 33.6 Å². The van der Waals surface area contributed by atoms with Crippen molar-refractivity contribution in [2.75, 3.05) is 10.6 Å². The van der Waals surface area contributed by atoms with Crippen LogP contribution >= 0.6 is 0 Å². The molecule has 0 aliphatic carbocycles. The van der Waals surface area contributed by atoms with Gasteiger partial charge in [-0.2, -0.15) is 0 Å². The third kappa shape index (κ3) is 7.87. The van der Waals surface area contributed by atoms with Crippen molar-refractivity contribution < 1.29 is 4.39 Å². The summed E-state index contributed by atoms with van der Waals surface area (Å²) in [5, 5.41) is 0. The minimum absolute atomic E-state index is 0.229. The molecule has 0 amide bonds. The van der Waals surface area contributed by atoms with E-state index in [1.54, 1.807) is 31.6 Å². The first kappa shape index (κ1) is 30.2. The molecule has 3 rings (SSSR count). The van der Waals surface area contributed by atoms with E-state index in [2.05, 4.69) is 72.8 Å². The topological polar surface area (TPSA) is 67.4 Å². The van der Waals surface area contributed by atoms with Gasteiger partial charge in [0.15, 0.2) is 0 Å². The Bertz CT molecular complexity index is 1170. The zero-order valence-electron chi connectivity index (χ0n) is 22.9. The lowest BCUT2D eigenvalue weighted by Crippen LogP contribution is -2.40. The summed E-state index contributed by atoms with van der Waals surface area (Å²) in [6.07, 6.45) is 6.62. The number of nitrogens with two attached hydrogens (primary N) is 1. The van der Waals surface area contributed by atoms with E-state index in [4.69, 9.17) is 5.73 Å². The molecule has 0 unspecified atom stereocenters. The number of halogens is 1. The molecule has 3 aromatic rings. The van der Waals surface area contributed by atoms with E-state index in [9.17, 15) is 4.39 Å². The van der Waals surface area contributed by atoms with Gasteiger partial charge in [0.1, 0.15) is 5.82 Å². The van der Waals surface area contributed by atoms with Gasteiger partial charge in [0.25, 0.3) is 0 Å². The number of aliphatic imine (C=N–C) groups is 1. The summed E-state index contributed by atoms with van der Waals surface area (Å²) in [6.45, 7) is 23.7. The van der Waals surface area contributed by atoms with Crippen LogP contribution in [0.2, 0.25) is 0 Å². The predicted molar refractivity (Wildman–Crippen MR) is 155 cm³/mol. The lowest BCUT2D eigenvalue weighted by molar-refractivity contribution is 0.562. The van der Waals surface area contributed by atoms with Gasteiger partial charge in [0.2, 0.25) is 5.95 Å². The number of aryl methyl sites for hydroxylation is 1. The van der Waals surface area contributed by atoms with Crippen LogP contribution < -0.4 is 10.6 Å². The number of benzene rings is 2. The fourth-order valence-corrected chi connectivity index (χ4v) is 3.63. The molecule has 0 bridgehead atoms. The summed E-state index contributed by atoms with van der Waals surface area (Å²) in [6, 6.07) is 11.3. The molecule has 1 aromatic heterocycles. The monoisotopic (exact) mass is 489 g/mol. The highest BCUT2D eigenvalue weighted by Crippen LogP contribution is 2.37. The standard InChI is InChI=1S/C24H27FN4.C4H7N.C2H6/c1-15-12-18(19-13-27-23(26)28-14-19)10-11-22(15)29(24(4,5)6)17(3)20-8-7-9-21(25)16(20)2;1-3-5-4-2;1-2/h7-14H,3H2,1-2,4-6H3,(H2,26,27,28);3-4H,1H2,2H3;1-2H3. The number of anilines is 2. The van der Waals surface area contributed by atoms with E-state index in [1.165, 1.54) is 12.3 Å². The van der Waals surface area contributed by atoms with Crippen LogP contribution in [0.3, 0.4) is 0 Å². The molecular weight excluding hydrogens is 449 g/mol. The SMILES string of the molecule is C=C(c1cccc(F)c1C)N(c1ccc(-c2cnc(N)nc2)cc1C)C(C)(C)C.C=CN=CC.CC. The van der Waals surface area contributed by atoms with Crippen molar-refractivity contribution in [3.8, 4) is 11.1 Å². The number of rotatable bonds is 5. The third-order valence-electron chi connectivity index (χ3n) is 5.22. The fraction of sp³-hybridized carbons (Fsp3) is 0.300. The molecular formula is C30H40FN5. The van der Waals surface area contributed by atoms with E-state index in [1.807, 2.05) is 32.9 Å². The van der Waals surface area contributed by atoms with Gasteiger partial charge in [-0.1, -0.05) is 45.2 Å². The van der Waals surface area contributed by atoms with Crippen LogP contribution in [-0.4, -0.2) is 21.7 Å². The Balaban J connectivity index is 0.000000826. The van der Waals surface area contributed by atoms with Crippen molar-refractivity contribution in [1.29, 1.82) is 0 Å². The molecule has 0 aliphatic rings. The van der Waals surface area contributed by atoms with Crippen LogP contribution in [0.15, 0.2) is 73.1 Å². The normalized spacial score (nSPS) is 10.6. The van der Waals surface area contributed by atoms with Gasteiger partial charge >= 0.3 is 0 Å². The third-order valence-corrected chi connectivity index (χ3v) is 5.22. The number of hydrogen-bond donors (Lipinski definition) is 1. The van der Waals surface area contributed by atoms with Crippen LogP contribution in [0.25, 0.3) is 16.8 Å². The van der Waals surface area contributed by atoms with Gasteiger partial charge in [-0.25, -0.2) is 14.4 Å². The van der Waals surface area contributed by atoms with Crippen molar-refractivity contribution in [3.05, 3.63) is 90.7 Å². The second kappa shape index (κ2) is 13.9. The first-order valence-electron chi connectivity index (χ1n) is 12.0. The Kier molecular flexibility index (Phi) is 11.7. The Morgan fingerprint density at radius 2 is 1.67 bits per heavy atom. The molecule has 0 saturated carbocycles. The second-order valence-electron chi connectivity index (χ2n) is 8.79. The zero-order valence-corrected chi connectivity index (χ0v) is 22.9. The lowest BCUT2D eigenvalue weighted by Gasteiger charge is -2.40. The first-order chi connectivity index (χ1) is 17.0. The van der Waals surface area contributed by atoms with Gasteiger partial charge < -0.3 is 10.6 Å². The lowest BCUT2D eigenvalue weighted by atomic mass is 9.96. The fourth-order valence-electron chi connectivity index (χ4n) is 3.63. The molecule has 1 heterocycles. The number of hydrogen-bond acceptors (Lipinski definition) is 5. The molecule has 2 aromatic carbocycles. The van der Waals surface area contributed by atoms with Crippen molar-refractivity contribution >= 4 is 23.5 Å². The molecule has 0 aliphatic heterocycles. The average Bonchev–Trinajstić information content (AvgIpc) is 2.84. The molecule has 0 atom stereocenters. The van der Waals surface area contributed by atoms with Crippen molar-refractivity contribution in [1.82, 2.24) is 9.97 Å². The first-order valence-corrected chi connectivity index (χ1v) is 12.0. The quantitative estimate of drug-likeness (QED) is 0.369. The number of aromatic nitrogens is 2. The van der Waals surface area contributed by atoms with Crippen LogP contribution in [0.4, 0.5) is 16.0 Å². The number of nitrogen functional groups attached to an aromatic ring is 1. The van der Waals surface area contributed by atoms with E-state index >= 15 is 0 Å². The summed E-state index contributed by atoms with van der Waals surface area (Å²) in [4.78, 5) is 13.9. The van der Waals surface area contributed by atoms with Crippen molar-refractivity contribution in [2.24, 2.45) is 4.99 Å². The van der Waals surface area contributed by atoms with Gasteiger partial charge in [0.05, 0.1) is 0 Å².